The van der Waals surface area contributed by atoms with E-state index in [2.05, 4.69) is 0 Å². The quantitative estimate of drug-likeness (QED) is 0.862. The highest BCUT2D eigenvalue weighted by Gasteiger charge is 2.37. The third-order valence-electron chi connectivity index (χ3n) is 3.46. The topological polar surface area (TPSA) is 63.4 Å². The maximum atomic E-state index is 13.7. The minimum absolute atomic E-state index is 0.0614. The molecule has 21 heavy (non-hydrogen) atoms. The van der Waals surface area contributed by atoms with Crippen molar-refractivity contribution in [2.24, 2.45) is 11.7 Å². The highest BCUT2D eigenvalue weighted by molar-refractivity contribution is 7.89. The molecule has 2 N–H and O–H groups in total. The van der Waals surface area contributed by atoms with Gasteiger partial charge in [0.2, 0.25) is 10.0 Å². The second kappa shape index (κ2) is 5.54. The molecular weight excluding hydrogens is 312 g/mol. The lowest BCUT2D eigenvalue weighted by molar-refractivity contribution is -0.137. The number of sulfonamides is 1. The number of benzene rings is 1. The van der Waals surface area contributed by atoms with E-state index < -0.39 is 32.5 Å². The Hall–Kier alpha value is -1.19. The van der Waals surface area contributed by atoms with Crippen LogP contribution in [0.25, 0.3) is 0 Å². The molecule has 0 bridgehead atoms. The van der Waals surface area contributed by atoms with Crippen LogP contribution in [0.2, 0.25) is 0 Å². The molecule has 1 fully saturated rings. The van der Waals surface area contributed by atoms with Gasteiger partial charge in [-0.15, -0.1) is 0 Å². The molecule has 1 aliphatic heterocycles. The van der Waals surface area contributed by atoms with Gasteiger partial charge in [-0.25, -0.2) is 12.8 Å². The number of alkyl halides is 3. The van der Waals surface area contributed by atoms with Gasteiger partial charge < -0.3 is 5.73 Å². The summed E-state index contributed by atoms with van der Waals surface area (Å²) in [5.41, 5.74) is 4.25. The molecule has 2 rings (SSSR count). The highest BCUT2D eigenvalue weighted by atomic mass is 32.2. The summed E-state index contributed by atoms with van der Waals surface area (Å²) in [7, 11) is -4.29. The van der Waals surface area contributed by atoms with Crippen LogP contribution in [0.3, 0.4) is 0 Å². The summed E-state index contributed by atoms with van der Waals surface area (Å²) in [5, 5.41) is 0. The van der Waals surface area contributed by atoms with Crippen LogP contribution in [0.15, 0.2) is 23.1 Å². The van der Waals surface area contributed by atoms with E-state index >= 15 is 0 Å². The standard InChI is InChI=1S/C12H14F4N2O2S/c13-10-2-1-9(12(14,15)16)5-11(10)21(19,20)18-4-3-8(6-17)7-18/h1-2,5,8H,3-4,6-7,17H2. The number of halogens is 4. The predicted molar refractivity (Wildman–Crippen MR) is 67.3 cm³/mol. The molecule has 0 aliphatic carbocycles. The van der Waals surface area contributed by atoms with E-state index in [4.69, 9.17) is 5.73 Å². The van der Waals surface area contributed by atoms with Crippen molar-refractivity contribution in [3.05, 3.63) is 29.6 Å². The van der Waals surface area contributed by atoms with Crippen LogP contribution in [0.4, 0.5) is 17.6 Å². The lowest BCUT2D eigenvalue weighted by Crippen LogP contribution is -2.30. The normalized spacial score (nSPS) is 20.9. The number of hydrogen-bond acceptors (Lipinski definition) is 3. The van der Waals surface area contributed by atoms with E-state index in [0.29, 0.717) is 24.6 Å². The van der Waals surface area contributed by atoms with Crippen molar-refractivity contribution in [1.82, 2.24) is 4.31 Å². The summed E-state index contributed by atoms with van der Waals surface area (Å²) in [5.74, 6) is -1.26. The Balaban J connectivity index is 2.41. The lowest BCUT2D eigenvalue weighted by Gasteiger charge is -2.18. The molecule has 4 nitrogen and oxygen atoms in total. The van der Waals surface area contributed by atoms with Crippen LogP contribution in [-0.2, 0) is 16.2 Å². The Labute approximate surface area is 119 Å². The molecule has 0 amide bonds. The second-order valence-corrected chi connectivity index (χ2v) is 6.80. The monoisotopic (exact) mass is 326 g/mol. The predicted octanol–water partition coefficient (Wildman–Crippen LogP) is 1.81. The van der Waals surface area contributed by atoms with Crippen molar-refractivity contribution >= 4 is 10.0 Å². The van der Waals surface area contributed by atoms with Gasteiger partial charge in [-0.1, -0.05) is 0 Å². The summed E-state index contributed by atoms with van der Waals surface area (Å²) in [6, 6.07) is 1.37. The lowest BCUT2D eigenvalue weighted by atomic mass is 10.1. The van der Waals surface area contributed by atoms with E-state index in [1.807, 2.05) is 0 Å². The molecule has 1 aliphatic rings. The molecule has 1 atom stereocenters. The number of nitrogens with zero attached hydrogens (tertiary/aromatic N) is 1. The number of nitrogens with two attached hydrogens (primary N) is 1. The Morgan fingerprint density at radius 3 is 2.52 bits per heavy atom. The van der Waals surface area contributed by atoms with Gasteiger partial charge in [0.1, 0.15) is 10.7 Å². The van der Waals surface area contributed by atoms with Crippen LogP contribution >= 0.6 is 0 Å². The zero-order chi connectivity index (χ0) is 15.8. The average Bonchev–Trinajstić information content (AvgIpc) is 2.87. The van der Waals surface area contributed by atoms with Gasteiger partial charge in [0, 0.05) is 13.1 Å². The van der Waals surface area contributed by atoms with Crippen LogP contribution in [0, 0.1) is 11.7 Å². The fraction of sp³-hybridized carbons (Fsp3) is 0.500. The molecule has 1 aromatic carbocycles. The van der Waals surface area contributed by atoms with Gasteiger partial charge in [-0.3, -0.25) is 0 Å². The smallest absolute Gasteiger partial charge is 0.330 e. The third-order valence-corrected chi connectivity index (χ3v) is 5.34. The minimum atomic E-state index is -4.73. The van der Waals surface area contributed by atoms with Crippen molar-refractivity contribution in [3.63, 3.8) is 0 Å². The molecule has 1 saturated heterocycles. The minimum Gasteiger partial charge on any atom is -0.330 e. The van der Waals surface area contributed by atoms with Gasteiger partial charge >= 0.3 is 6.18 Å². The van der Waals surface area contributed by atoms with Crippen molar-refractivity contribution in [3.8, 4) is 0 Å². The Morgan fingerprint density at radius 1 is 1.33 bits per heavy atom. The van der Waals surface area contributed by atoms with Crippen molar-refractivity contribution < 1.29 is 26.0 Å². The molecule has 0 saturated carbocycles. The molecule has 9 heteroatoms. The summed E-state index contributed by atoms with van der Waals surface area (Å²) in [6.45, 7) is 0.492. The van der Waals surface area contributed by atoms with Crippen LogP contribution in [0.1, 0.15) is 12.0 Å². The Kier molecular flexibility index (Phi) is 4.27. The number of rotatable bonds is 3. The van der Waals surface area contributed by atoms with Gasteiger partial charge in [0.05, 0.1) is 5.56 Å². The fourth-order valence-electron chi connectivity index (χ4n) is 2.22. The summed E-state index contributed by atoms with van der Waals surface area (Å²) in [4.78, 5) is -0.949. The van der Waals surface area contributed by atoms with E-state index in [1.165, 1.54) is 0 Å². The van der Waals surface area contributed by atoms with Crippen LogP contribution in [-0.4, -0.2) is 32.4 Å². The molecule has 0 spiro atoms. The zero-order valence-corrected chi connectivity index (χ0v) is 11.7. The van der Waals surface area contributed by atoms with Crippen LogP contribution < -0.4 is 5.73 Å². The average molecular weight is 326 g/mol. The number of hydrogen-bond donors (Lipinski definition) is 1. The van der Waals surface area contributed by atoms with Gasteiger partial charge in [-0.05, 0) is 37.1 Å². The maximum absolute atomic E-state index is 13.7. The maximum Gasteiger partial charge on any atom is 0.416 e. The van der Waals surface area contributed by atoms with E-state index in [1.54, 1.807) is 0 Å². The molecule has 118 valence electrons. The van der Waals surface area contributed by atoms with Gasteiger partial charge in [0.25, 0.3) is 0 Å². The largest absolute Gasteiger partial charge is 0.416 e. The molecular formula is C12H14F4N2O2S. The van der Waals surface area contributed by atoms with E-state index in [9.17, 15) is 26.0 Å². The van der Waals surface area contributed by atoms with Gasteiger partial charge in [-0.2, -0.15) is 17.5 Å². The molecule has 1 unspecified atom stereocenters. The van der Waals surface area contributed by atoms with E-state index in [0.717, 1.165) is 4.31 Å². The molecule has 0 radical (unpaired) electrons. The Morgan fingerprint density at radius 2 is 2.00 bits per heavy atom. The highest BCUT2D eigenvalue weighted by Crippen LogP contribution is 2.33. The first kappa shape index (κ1) is 16.2. The first-order chi connectivity index (χ1) is 9.66. The molecule has 1 heterocycles. The summed E-state index contributed by atoms with van der Waals surface area (Å²) < 4.78 is 77.1. The summed E-state index contributed by atoms with van der Waals surface area (Å²) >= 11 is 0. The van der Waals surface area contributed by atoms with Crippen molar-refractivity contribution in [2.75, 3.05) is 19.6 Å². The molecule has 0 aromatic heterocycles. The third kappa shape index (κ3) is 3.19. The Bertz CT molecular complexity index is 631. The first-order valence-electron chi connectivity index (χ1n) is 6.23. The summed E-state index contributed by atoms with van der Waals surface area (Å²) in [6.07, 6.45) is -4.22. The fourth-order valence-corrected chi connectivity index (χ4v) is 3.85. The molecule has 1 aromatic rings. The van der Waals surface area contributed by atoms with Crippen LogP contribution in [0.5, 0.6) is 0 Å². The van der Waals surface area contributed by atoms with E-state index in [-0.39, 0.29) is 25.6 Å². The zero-order valence-electron chi connectivity index (χ0n) is 10.9. The van der Waals surface area contributed by atoms with Crippen molar-refractivity contribution in [1.29, 1.82) is 0 Å². The van der Waals surface area contributed by atoms with Gasteiger partial charge in [0.15, 0.2) is 0 Å². The van der Waals surface area contributed by atoms with Crippen molar-refractivity contribution in [2.45, 2.75) is 17.5 Å². The SMILES string of the molecule is NCC1CCN(S(=O)(=O)c2cc(C(F)(F)F)ccc2F)C1. The second-order valence-electron chi connectivity index (χ2n) is 4.90. The first-order valence-corrected chi connectivity index (χ1v) is 7.67.